The molecule has 1 N–H and O–H groups in total. The van der Waals surface area contributed by atoms with E-state index in [0.29, 0.717) is 22.4 Å². The number of halogens is 2. The van der Waals surface area contributed by atoms with Gasteiger partial charge in [0.2, 0.25) is 0 Å². The molecule has 3 aromatic rings. The lowest BCUT2D eigenvalue weighted by Gasteiger charge is -2.32. The van der Waals surface area contributed by atoms with Crippen LogP contribution in [0.2, 0.25) is 5.02 Å². The second-order valence-corrected chi connectivity index (χ2v) is 9.66. The number of hydrogen-bond donors (Lipinski definition) is 1. The van der Waals surface area contributed by atoms with Crippen molar-refractivity contribution < 1.29 is 9.18 Å². The zero-order chi connectivity index (χ0) is 21.4. The molecule has 0 atom stereocenters. The fourth-order valence-corrected chi connectivity index (χ4v) is 5.39. The summed E-state index contributed by atoms with van der Waals surface area (Å²) in [6.07, 6.45) is 9.44. The van der Waals surface area contributed by atoms with Crippen LogP contribution >= 0.6 is 11.6 Å². The van der Waals surface area contributed by atoms with Gasteiger partial charge in [0, 0.05) is 27.7 Å². The van der Waals surface area contributed by atoms with Gasteiger partial charge in [-0.15, -0.1) is 0 Å². The van der Waals surface area contributed by atoms with E-state index in [9.17, 15) is 9.18 Å². The van der Waals surface area contributed by atoms with Gasteiger partial charge in [0.25, 0.3) is 5.91 Å². The molecule has 1 aromatic heterocycles. The minimum Gasteiger partial charge on any atom is -0.347 e. The average molecular weight is 437 g/mol. The highest BCUT2D eigenvalue weighted by Gasteiger charge is 2.45. The van der Waals surface area contributed by atoms with Crippen LogP contribution in [-0.2, 0) is 0 Å². The standard InChI is InChI=1S/C26H26ClFN2O/c27-20-3-1-2-19(14-20)25(31)30-26(11-12-26)16-17-4-6-18(7-5-17)22-10-13-29-24-9-8-21(28)15-23(22)24/h1-3,8-10,13-15,17-18H,4-7,11-12,16H2,(H,30,31)/t17-,18+. The van der Waals surface area contributed by atoms with Crippen LogP contribution in [0.1, 0.15) is 66.8 Å². The van der Waals surface area contributed by atoms with Gasteiger partial charge in [-0.3, -0.25) is 9.78 Å². The molecule has 3 nitrogen and oxygen atoms in total. The molecule has 0 bridgehead atoms. The molecule has 0 radical (unpaired) electrons. The summed E-state index contributed by atoms with van der Waals surface area (Å²) in [4.78, 5) is 17.1. The average Bonchev–Trinajstić information content (AvgIpc) is 3.52. The lowest BCUT2D eigenvalue weighted by Crippen LogP contribution is -2.38. The molecule has 5 heteroatoms. The fourth-order valence-electron chi connectivity index (χ4n) is 5.20. The van der Waals surface area contributed by atoms with E-state index < -0.39 is 0 Å². The molecular weight excluding hydrogens is 411 g/mol. The molecule has 1 heterocycles. The minimum absolute atomic E-state index is 0.0287. The van der Waals surface area contributed by atoms with Gasteiger partial charge in [0.15, 0.2) is 0 Å². The normalized spacial score (nSPS) is 22.3. The molecule has 2 fully saturated rings. The minimum atomic E-state index is -0.207. The molecule has 31 heavy (non-hydrogen) atoms. The summed E-state index contributed by atoms with van der Waals surface area (Å²) < 4.78 is 13.8. The predicted octanol–water partition coefficient (Wildman–Crippen LogP) is 6.65. The molecule has 2 aromatic carbocycles. The first-order chi connectivity index (χ1) is 15.0. The van der Waals surface area contributed by atoms with E-state index in [-0.39, 0.29) is 17.3 Å². The van der Waals surface area contributed by atoms with Crippen molar-refractivity contribution in [2.24, 2.45) is 5.92 Å². The molecule has 5 rings (SSSR count). The van der Waals surface area contributed by atoms with Crippen LogP contribution in [0.25, 0.3) is 10.9 Å². The SMILES string of the molecule is O=C(NC1(C[C@H]2CC[C@@H](c3ccnc4ccc(F)cc43)CC2)CC1)c1cccc(Cl)c1. The number of carbonyl (C=O) groups excluding carboxylic acids is 1. The number of benzene rings is 2. The predicted molar refractivity (Wildman–Crippen MR) is 122 cm³/mol. The number of nitrogens with one attached hydrogen (secondary N) is 1. The first-order valence-electron chi connectivity index (χ1n) is 11.1. The highest BCUT2D eigenvalue weighted by Crippen LogP contribution is 2.47. The lowest BCUT2D eigenvalue weighted by atomic mass is 9.75. The van der Waals surface area contributed by atoms with Crippen molar-refractivity contribution in [3.8, 4) is 0 Å². The topological polar surface area (TPSA) is 42.0 Å². The Kier molecular flexibility index (Phi) is 5.43. The molecule has 0 saturated heterocycles. The summed E-state index contributed by atoms with van der Waals surface area (Å²) in [7, 11) is 0. The van der Waals surface area contributed by atoms with Crippen molar-refractivity contribution in [2.45, 2.75) is 56.4 Å². The van der Waals surface area contributed by atoms with Crippen LogP contribution in [0, 0.1) is 11.7 Å². The van der Waals surface area contributed by atoms with Gasteiger partial charge in [0.1, 0.15) is 5.82 Å². The molecule has 2 aliphatic rings. The zero-order valence-corrected chi connectivity index (χ0v) is 18.2. The summed E-state index contributed by atoms with van der Waals surface area (Å²) in [5, 5.41) is 4.81. The van der Waals surface area contributed by atoms with Gasteiger partial charge in [-0.1, -0.05) is 17.7 Å². The van der Waals surface area contributed by atoms with Crippen molar-refractivity contribution in [2.75, 3.05) is 0 Å². The Balaban J connectivity index is 1.22. The molecule has 1 amide bonds. The molecule has 2 aliphatic carbocycles. The summed E-state index contributed by atoms with van der Waals surface area (Å²) >= 11 is 6.04. The van der Waals surface area contributed by atoms with Crippen LogP contribution in [0.4, 0.5) is 4.39 Å². The van der Waals surface area contributed by atoms with E-state index in [1.165, 1.54) is 11.6 Å². The van der Waals surface area contributed by atoms with Crippen LogP contribution in [0.15, 0.2) is 54.7 Å². The van der Waals surface area contributed by atoms with Crippen molar-refractivity contribution >= 4 is 28.4 Å². The fraction of sp³-hybridized carbons (Fsp3) is 0.385. The number of carbonyl (C=O) groups is 1. The highest BCUT2D eigenvalue weighted by molar-refractivity contribution is 6.30. The second kappa shape index (κ2) is 8.23. The van der Waals surface area contributed by atoms with Crippen LogP contribution < -0.4 is 5.32 Å². The van der Waals surface area contributed by atoms with Gasteiger partial charge in [-0.05, 0) is 105 Å². The maximum Gasteiger partial charge on any atom is 0.251 e. The number of fused-ring (bicyclic) bond motifs is 1. The second-order valence-electron chi connectivity index (χ2n) is 9.23. The molecule has 0 aliphatic heterocycles. The number of amides is 1. The quantitative estimate of drug-likeness (QED) is 0.486. The maximum absolute atomic E-state index is 13.8. The number of hydrogen-bond acceptors (Lipinski definition) is 2. The van der Waals surface area contributed by atoms with Crippen LogP contribution in [-0.4, -0.2) is 16.4 Å². The number of pyridine rings is 1. The third kappa shape index (κ3) is 4.45. The van der Waals surface area contributed by atoms with Gasteiger partial charge in [-0.2, -0.15) is 0 Å². The Morgan fingerprint density at radius 3 is 2.65 bits per heavy atom. The monoisotopic (exact) mass is 436 g/mol. The van der Waals surface area contributed by atoms with E-state index in [4.69, 9.17) is 11.6 Å². The lowest BCUT2D eigenvalue weighted by molar-refractivity contribution is 0.0921. The summed E-state index contributed by atoms with van der Waals surface area (Å²) in [6.45, 7) is 0. The molecule has 0 spiro atoms. The number of nitrogens with zero attached hydrogens (tertiary/aromatic N) is 1. The van der Waals surface area contributed by atoms with Crippen molar-refractivity contribution in [1.29, 1.82) is 0 Å². The number of aromatic nitrogens is 1. The van der Waals surface area contributed by atoms with Crippen LogP contribution in [0.3, 0.4) is 0 Å². The van der Waals surface area contributed by atoms with Gasteiger partial charge in [-0.25, -0.2) is 4.39 Å². The smallest absolute Gasteiger partial charge is 0.251 e. The summed E-state index contributed by atoms with van der Waals surface area (Å²) in [5.41, 5.74) is 2.66. The van der Waals surface area contributed by atoms with E-state index in [1.54, 1.807) is 24.3 Å². The first kappa shape index (κ1) is 20.4. The highest BCUT2D eigenvalue weighted by atomic mass is 35.5. The third-order valence-corrected chi connectivity index (χ3v) is 7.26. The molecule has 0 unspecified atom stereocenters. The van der Waals surface area contributed by atoms with E-state index in [2.05, 4.69) is 16.4 Å². The molecule has 2 saturated carbocycles. The Labute approximate surface area is 187 Å². The van der Waals surface area contributed by atoms with Crippen molar-refractivity contribution in [3.63, 3.8) is 0 Å². The van der Waals surface area contributed by atoms with Gasteiger partial charge >= 0.3 is 0 Å². The maximum atomic E-state index is 13.8. The Hall–Kier alpha value is -2.46. The van der Waals surface area contributed by atoms with Crippen molar-refractivity contribution in [3.05, 3.63) is 76.7 Å². The first-order valence-corrected chi connectivity index (χ1v) is 11.5. The Morgan fingerprint density at radius 1 is 1.10 bits per heavy atom. The van der Waals surface area contributed by atoms with Crippen molar-refractivity contribution in [1.82, 2.24) is 10.3 Å². The largest absolute Gasteiger partial charge is 0.347 e. The number of rotatable bonds is 5. The third-order valence-electron chi connectivity index (χ3n) is 7.02. The Bertz CT molecular complexity index is 1120. The summed E-state index contributed by atoms with van der Waals surface area (Å²) in [6, 6.07) is 14.0. The summed E-state index contributed by atoms with van der Waals surface area (Å²) in [5.74, 6) is 0.823. The van der Waals surface area contributed by atoms with Gasteiger partial charge in [0.05, 0.1) is 5.52 Å². The van der Waals surface area contributed by atoms with E-state index in [0.717, 1.165) is 55.8 Å². The van der Waals surface area contributed by atoms with E-state index >= 15 is 0 Å². The Morgan fingerprint density at radius 2 is 1.90 bits per heavy atom. The zero-order valence-electron chi connectivity index (χ0n) is 17.4. The molecular formula is C26H26ClFN2O. The van der Waals surface area contributed by atoms with Crippen LogP contribution in [0.5, 0.6) is 0 Å². The van der Waals surface area contributed by atoms with Gasteiger partial charge < -0.3 is 5.32 Å². The van der Waals surface area contributed by atoms with E-state index in [1.807, 2.05) is 18.3 Å². The molecule has 160 valence electrons.